The number of halogens is 2. The predicted molar refractivity (Wildman–Crippen MR) is 56.6 cm³/mol. The number of hydrogen-bond acceptors (Lipinski definition) is 1. The first-order valence-electron chi connectivity index (χ1n) is 5.08. The fourth-order valence-corrected chi connectivity index (χ4v) is 1.40. The molecule has 2 nitrogen and oxygen atoms in total. The molecule has 0 atom stereocenters. The fraction of sp³-hybridized carbons (Fsp3) is 0.417. The number of rotatable bonds is 5. The minimum absolute atomic E-state index is 0.0176. The van der Waals surface area contributed by atoms with Crippen LogP contribution in [0.4, 0.5) is 8.78 Å². The summed E-state index contributed by atoms with van der Waals surface area (Å²) in [5.41, 5.74) is 0.869. The van der Waals surface area contributed by atoms with Gasteiger partial charge >= 0.3 is 5.97 Å². The molecule has 0 unspecified atom stereocenters. The van der Waals surface area contributed by atoms with Crippen LogP contribution in [0.2, 0.25) is 0 Å². The molecule has 1 rings (SSSR count). The number of carboxylic acids is 1. The number of hydrogen-bond donors (Lipinski definition) is 1. The van der Waals surface area contributed by atoms with E-state index in [-0.39, 0.29) is 18.4 Å². The first-order chi connectivity index (χ1) is 7.42. The molecule has 0 bridgehead atoms. The lowest BCUT2D eigenvalue weighted by Crippen LogP contribution is -2.13. The van der Waals surface area contributed by atoms with Crippen molar-refractivity contribution in [2.24, 2.45) is 0 Å². The van der Waals surface area contributed by atoms with Gasteiger partial charge in [0.15, 0.2) is 0 Å². The van der Waals surface area contributed by atoms with E-state index < -0.39 is 18.3 Å². The third-order valence-electron chi connectivity index (χ3n) is 2.36. The Kier molecular flexibility index (Phi) is 3.99. The van der Waals surface area contributed by atoms with Crippen LogP contribution in [-0.4, -0.2) is 11.1 Å². The van der Waals surface area contributed by atoms with E-state index in [4.69, 9.17) is 5.11 Å². The molecule has 88 valence electrons. The molecular formula is C12H14F2O2. The van der Waals surface area contributed by atoms with Crippen molar-refractivity contribution in [3.8, 4) is 0 Å². The lowest BCUT2D eigenvalue weighted by atomic mass is 10.0. The minimum Gasteiger partial charge on any atom is -0.481 e. The first-order valence-corrected chi connectivity index (χ1v) is 5.08. The summed E-state index contributed by atoms with van der Waals surface area (Å²) in [6, 6.07) is 6.02. The molecule has 1 N–H and O–H groups in total. The summed E-state index contributed by atoms with van der Waals surface area (Å²) in [5, 5.41) is 8.37. The maximum absolute atomic E-state index is 13.5. The zero-order chi connectivity index (χ0) is 12.2. The third kappa shape index (κ3) is 3.61. The Morgan fingerprint density at radius 3 is 2.38 bits per heavy atom. The largest absolute Gasteiger partial charge is 0.481 e. The van der Waals surface area contributed by atoms with Gasteiger partial charge in [0.05, 0.1) is 0 Å². The highest BCUT2D eigenvalue weighted by Crippen LogP contribution is 2.33. The molecule has 0 aliphatic heterocycles. The van der Waals surface area contributed by atoms with Crippen LogP contribution in [0, 0.1) is 6.92 Å². The van der Waals surface area contributed by atoms with E-state index >= 15 is 0 Å². The number of alkyl halides is 2. The second-order valence-corrected chi connectivity index (χ2v) is 3.82. The van der Waals surface area contributed by atoms with Gasteiger partial charge in [-0.1, -0.05) is 29.8 Å². The summed E-state index contributed by atoms with van der Waals surface area (Å²) in [4.78, 5) is 10.2. The Morgan fingerprint density at radius 1 is 1.31 bits per heavy atom. The second-order valence-electron chi connectivity index (χ2n) is 3.82. The van der Waals surface area contributed by atoms with Gasteiger partial charge in [-0.2, -0.15) is 0 Å². The molecule has 0 heterocycles. The maximum atomic E-state index is 13.5. The molecule has 0 aromatic heterocycles. The molecule has 0 saturated heterocycles. The van der Waals surface area contributed by atoms with E-state index in [9.17, 15) is 13.6 Å². The predicted octanol–water partition coefficient (Wildman–Crippen LogP) is 3.34. The van der Waals surface area contributed by atoms with Gasteiger partial charge in [-0.05, 0) is 13.3 Å². The van der Waals surface area contributed by atoms with E-state index in [2.05, 4.69) is 0 Å². The summed E-state index contributed by atoms with van der Waals surface area (Å²) in [6.45, 7) is 1.83. The van der Waals surface area contributed by atoms with Crippen LogP contribution in [0.1, 0.15) is 30.4 Å². The second kappa shape index (κ2) is 5.05. The zero-order valence-corrected chi connectivity index (χ0v) is 9.04. The van der Waals surface area contributed by atoms with E-state index in [0.717, 1.165) is 5.56 Å². The van der Waals surface area contributed by atoms with Gasteiger partial charge in [0, 0.05) is 18.4 Å². The molecular weight excluding hydrogens is 214 g/mol. The molecule has 0 saturated carbocycles. The molecule has 16 heavy (non-hydrogen) atoms. The van der Waals surface area contributed by atoms with Crippen molar-refractivity contribution >= 4 is 5.97 Å². The van der Waals surface area contributed by atoms with Crippen LogP contribution in [0.25, 0.3) is 0 Å². The summed E-state index contributed by atoms with van der Waals surface area (Å²) in [5.74, 6) is -3.98. The van der Waals surface area contributed by atoms with Gasteiger partial charge in [0.25, 0.3) is 5.92 Å². The van der Waals surface area contributed by atoms with Gasteiger partial charge < -0.3 is 5.11 Å². The molecule has 1 aromatic carbocycles. The van der Waals surface area contributed by atoms with Gasteiger partial charge in [-0.3, -0.25) is 4.79 Å². The number of aliphatic carboxylic acids is 1. The van der Waals surface area contributed by atoms with Crippen molar-refractivity contribution in [2.75, 3.05) is 0 Å². The van der Waals surface area contributed by atoms with E-state index in [1.165, 1.54) is 12.1 Å². The molecule has 1 aromatic rings. The minimum atomic E-state index is -2.94. The van der Waals surface area contributed by atoms with Crippen LogP contribution >= 0.6 is 0 Å². The molecule has 0 fully saturated rings. The Bertz CT molecular complexity index is 358. The standard InChI is InChI=1S/C12H14F2O2/c1-9-4-6-10(7-5-9)12(13,14)8-2-3-11(15)16/h4-7H,2-3,8H2,1H3,(H,15,16). The monoisotopic (exact) mass is 228 g/mol. The van der Waals surface area contributed by atoms with Gasteiger partial charge in [0.2, 0.25) is 0 Å². The number of carbonyl (C=O) groups is 1. The summed E-state index contributed by atoms with van der Waals surface area (Å²) >= 11 is 0. The van der Waals surface area contributed by atoms with E-state index in [1.807, 2.05) is 6.92 Å². The molecule has 0 aliphatic rings. The summed E-state index contributed by atoms with van der Waals surface area (Å²) in [6.07, 6.45) is -0.667. The topological polar surface area (TPSA) is 37.3 Å². The molecule has 4 heteroatoms. The van der Waals surface area contributed by atoms with Crippen LogP contribution in [0.15, 0.2) is 24.3 Å². The average Bonchev–Trinajstić information content (AvgIpc) is 2.17. The Hall–Kier alpha value is -1.45. The average molecular weight is 228 g/mol. The molecule has 0 aliphatic carbocycles. The smallest absolute Gasteiger partial charge is 0.303 e. The highest BCUT2D eigenvalue weighted by atomic mass is 19.3. The van der Waals surface area contributed by atoms with Crippen molar-refractivity contribution in [3.63, 3.8) is 0 Å². The number of aryl methyl sites for hydroxylation is 1. The highest BCUT2D eigenvalue weighted by Gasteiger charge is 2.30. The summed E-state index contributed by atoms with van der Waals surface area (Å²) in [7, 11) is 0. The number of carboxylic acid groups (broad SMARTS) is 1. The van der Waals surface area contributed by atoms with Crippen LogP contribution in [-0.2, 0) is 10.7 Å². The van der Waals surface area contributed by atoms with Crippen LogP contribution in [0.5, 0.6) is 0 Å². The van der Waals surface area contributed by atoms with Crippen molar-refractivity contribution in [1.29, 1.82) is 0 Å². The quantitative estimate of drug-likeness (QED) is 0.839. The van der Waals surface area contributed by atoms with Crippen molar-refractivity contribution in [3.05, 3.63) is 35.4 Å². The van der Waals surface area contributed by atoms with E-state index in [1.54, 1.807) is 12.1 Å². The Morgan fingerprint density at radius 2 is 1.88 bits per heavy atom. The first kappa shape index (κ1) is 12.6. The molecule has 0 radical (unpaired) electrons. The molecule has 0 amide bonds. The zero-order valence-electron chi connectivity index (χ0n) is 9.04. The lowest BCUT2D eigenvalue weighted by molar-refractivity contribution is -0.137. The highest BCUT2D eigenvalue weighted by molar-refractivity contribution is 5.66. The molecule has 0 spiro atoms. The Balaban J connectivity index is 2.62. The Labute approximate surface area is 92.9 Å². The van der Waals surface area contributed by atoms with Crippen LogP contribution < -0.4 is 0 Å². The van der Waals surface area contributed by atoms with Crippen molar-refractivity contribution in [2.45, 2.75) is 32.1 Å². The van der Waals surface area contributed by atoms with Crippen LogP contribution in [0.3, 0.4) is 0 Å². The number of benzene rings is 1. The normalized spacial score (nSPS) is 11.4. The maximum Gasteiger partial charge on any atom is 0.303 e. The van der Waals surface area contributed by atoms with Gasteiger partial charge in [-0.15, -0.1) is 0 Å². The van der Waals surface area contributed by atoms with Gasteiger partial charge in [-0.25, -0.2) is 8.78 Å². The summed E-state index contributed by atoms with van der Waals surface area (Å²) < 4.78 is 27.1. The SMILES string of the molecule is Cc1ccc(C(F)(F)CCCC(=O)O)cc1. The van der Waals surface area contributed by atoms with Gasteiger partial charge in [0.1, 0.15) is 0 Å². The van der Waals surface area contributed by atoms with E-state index in [0.29, 0.717) is 0 Å². The van der Waals surface area contributed by atoms with Crippen molar-refractivity contribution in [1.82, 2.24) is 0 Å². The lowest BCUT2D eigenvalue weighted by Gasteiger charge is -2.16. The fourth-order valence-electron chi connectivity index (χ4n) is 1.40. The third-order valence-corrected chi connectivity index (χ3v) is 2.36. The van der Waals surface area contributed by atoms with Crippen molar-refractivity contribution < 1.29 is 18.7 Å².